The highest BCUT2D eigenvalue weighted by atomic mass is 32.2. The van der Waals surface area contributed by atoms with Crippen molar-refractivity contribution in [2.24, 2.45) is 0 Å². The van der Waals surface area contributed by atoms with Gasteiger partial charge in [-0.3, -0.25) is 9.21 Å². The standard InChI is InChI=1S/C25H28N2O4S/c28-21-12-10-20(11-13-21)26(17-18-4-1-7-22(29)16-18)14-15-27-23-8-2-5-19-6-3-9-24(25(19)23)32(27,30)31/h1-9,16,20-21,28-29H,10-15,17H2. The van der Waals surface area contributed by atoms with Crippen LogP contribution in [0.1, 0.15) is 31.2 Å². The van der Waals surface area contributed by atoms with E-state index >= 15 is 0 Å². The number of phenols is 1. The van der Waals surface area contributed by atoms with E-state index in [1.807, 2.05) is 36.4 Å². The van der Waals surface area contributed by atoms with E-state index in [1.54, 1.807) is 24.3 Å². The summed E-state index contributed by atoms with van der Waals surface area (Å²) in [6, 6.07) is 18.7. The normalized spacial score (nSPS) is 22.0. The Morgan fingerprint density at radius 3 is 2.44 bits per heavy atom. The Hall–Kier alpha value is -2.61. The molecule has 0 amide bonds. The van der Waals surface area contributed by atoms with Gasteiger partial charge in [-0.25, -0.2) is 8.42 Å². The van der Waals surface area contributed by atoms with Gasteiger partial charge in [0.2, 0.25) is 0 Å². The Kier molecular flexibility index (Phi) is 5.57. The van der Waals surface area contributed by atoms with Crippen LogP contribution in [0.5, 0.6) is 5.75 Å². The number of aliphatic hydroxyl groups excluding tert-OH is 1. The van der Waals surface area contributed by atoms with Crippen LogP contribution in [0.15, 0.2) is 65.6 Å². The Bertz CT molecular complexity index is 1230. The lowest BCUT2D eigenvalue weighted by Gasteiger charge is -2.36. The van der Waals surface area contributed by atoms with Crippen LogP contribution in [-0.2, 0) is 16.6 Å². The van der Waals surface area contributed by atoms with Crippen LogP contribution in [-0.4, -0.2) is 48.8 Å². The molecule has 3 aromatic rings. The molecule has 168 valence electrons. The second kappa shape index (κ2) is 8.39. The summed E-state index contributed by atoms with van der Waals surface area (Å²) in [6.07, 6.45) is 3.02. The number of rotatable bonds is 6. The van der Waals surface area contributed by atoms with Gasteiger partial charge in [-0.1, -0.05) is 36.4 Å². The highest BCUT2D eigenvalue weighted by Gasteiger charge is 2.36. The summed E-state index contributed by atoms with van der Waals surface area (Å²) in [5, 5.41) is 21.6. The number of phenolic OH excluding ortho intramolecular Hbond substituents is 1. The van der Waals surface area contributed by atoms with Crippen molar-refractivity contribution in [1.29, 1.82) is 0 Å². The summed E-state index contributed by atoms with van der Waals surface area (Å²) in [4.78, 5) is 2.69. The number of hydrogen-bond acceptors (Lipinski definition) is 5. The fourth-order valence-corrected chi connectivity index (χ4v) is 6.82. The molecule has 1 aliphatic heterocycles. The number of aromatic hydroxyl groups is 1. The molecule has 7 heteroatoms. The summed E-state index contributed by atoms with van der Waals surface area (Å²) in [5.74, 6) is 0.228. The quantitative estimate of drug-likeness (QED) is 0.594. The van der Waals surface area contributed by atoms with Gasteiger partial charge in [0, 0.05) is 31.1 Å². The molecule has 0 aromatic heterocycles. The van der Waals surface area contributed by atoms with E-state index in [9.17, 15) is 18.6 Å². The average molecular weight is 453 g/mol. The maximum atomic E-state index is 13.3. The molecule has 5 rings (SSSR count). The van der Waals surface area contributed by atoms with E-state index in [-0.39, 0.29) is 17.9 Å². The summed E-state index contributed by atoms with van der Waals surface area (Å²) in [6.45, 7) is 1.55. The third-order valence-corrected chi connectivity index (χ3v) is 8.61. The number of sulfonamides is 1. The topological polar surface area (TPSA) is 81.1 Å². The maximum Gasteiger partial charge on any atom is 0.265 e. The number of anilines is 1. The van der Waals surface area contributed by atoms with Gasteiger partial charge in [-0.2, -0.15) is 0 Å². The van der Waals surface area contributed by atoms with Gasteiger partial charge in [-0.15, -0.1) is 0 Å². The minimum absolute atomic E-state index is 0.228. The largest absolute Gasteiger partial charge is 0.508 e. The van der Waals surface area contributed by atoms with Gasteiger partial charge in [0.15, 0.2) is 0 Å². The molecule has 0 bridgehead atoms. The zero-order valence-electron chi connectivity index (χ0n) is 17.9. The maximum absolute atomic E-state index is 13.3. The molecule has 0 unspecified atom stereocenters. The zero-order chi connectivity index (χ0) is 22.3. The molecule has 1 aliphatic carbocycles. The molecule has 0 saturated heterocycles. The molecule has 0 radical (unpaired) electrons. The van der Waals surface area contributed by atoms with Gasteiger partial charge >= 0.3 is 0 Å². The Morgan fingerprint density at radius 1 is 0.969 bits per heavy atom. The summed E-state index contributed by atoms with van der Waals surface area (Å²) in [5.41, 5.74) is 1.74. The SMILES string of the molecule is O=S1(=O)c2cccc3cccc(c23)N1CCN(Cc1cccc(O)c1)C1CCC(O)CC1. The van der Waals surface area contributed by atoms with E-state index in [1.165, 1.54) is 4.31 Å². The number of hydrogen-bond donors (Lipinski definition) is 2. The van der Waals surface area contributed by atoms with E-state index in [2.05, 4.69) is 4.90 Å². The van der Waals surface area contributed by atoms with Crippen molar-refractivity contribution in [2.75, 3.05) is 17.4 Å². The molecule has 2 N–H and O–H groups in total. The highest BCUT2D eigenvalue weighted by molar-refractivity contribution is 7.93. The lowest BCUT2D eigenvalue weighted by atomic mass is 9.91. The monoisotopic (exact) mass is 452 g/mol. The van der Waals surface area contributed by atoms with Crippen molar-refractivity contribution in [3.63, 3.8) is 0 Å². The highest BCUT2D eigenvalue weighted by Crippen LogP contribution is 2.41. The van der Waals surface area contributed by atoms with Crippen molar-refractivity contribution < 1.29 is 18.6 Å². The van der Waals surface area contributed by atoms with Gasteiger partial charge < -0.3 is 10.2 Å². The molecule has 2 aliphatic rings. The van der Waals surface area contributed by atoms with Crippen molar-refractivity contribution in [2.45, 2.75) is 49.3 Å². The molecule has 3 aromatic carbocycles. The molecule has 6 nitrogen and oxygen atoms in total. The first kappa shape index (κ1) is 21.2. The second-order valence-electron chi connectivity index (χ2n) is 8.81. The van der Waals surface area contributed by atoms with Crippen molar-refractivity contribution >= 4 is 26.5 Å². The van der Waals surface area contributed by atoms with Crippen LogP contribution < -0.4 is 4.31 Å². The van der Waals surface area contributed by atoms with Crippen LogP contribution >= 0.6 is 0 Å². The summed E-state index contributed by atoms with van der Waals surface area (Å²) >= 11 is 0. The van der Waals surface area contributed by atoms with Gasteiger partial charge in [0.1, 0.15) is 5.75 Å². The van der Waals surface area contributed by atoms with Crippen molar-refractivity contribution in [1.82, 2.24) is 4.90 Å². The van der Waals surface area contributed by atoms with Crippen molar-refractivity contribution in [3.05, 3.63) is 66.2 Å². The molecule has 0 spiro atoms. The molecule has 1 saturated carbocycles. The minimum atomic E-state index is -3.59. The summed E-state index contributed by atoms with van der Waals surface area (Å²) < 4.78 is 28.2. The van der Waals surface area contributed by atoms with Gasteiger partial charge in [0.25, 0.3) is 10.0 Å². The number of nitrogens with zero attached hydrogens (tertiary/aromatic N) is 2. The summed E-state index contributed by atoms with van der Waals surface area (Å²) in [7, 11) is -3.59. The van der Waals surface area contributed by atoms with E-state index in [0.29, 0.717) is 24.5 Å². The fraction of sp³-hybridized carbons (Fsp3) is 0.360. The van der Waals surface area contributed by atoms with E-state index in [0.717, 1.165) is 47.7 Å². The van der Waals surface area contributed by atoms with E-state index in [4.69, 9.17) is 0 Å². The number of benzene rings is 3. The predicted octanol–water partition coefficient (Wildman–Crippen LogP) is 3.86. The van der Waals surface area contributed by atoms with Crippen LogP contribution in [0, 0.1) is 0 Å². The van der Waals surface area contributed by atoms with Crippen molar-refractivity contribution in [3.8, 4) is 5.75 Å². The Balaban J connectivity index is 1.41. The Labute approximate surface area is 188 Å². The lowest BCUT2D eigenvalue weighted by molar-refractivity contribution is 0.0718. The Morgan fingerprint density at radius 2 is 1.69 bits per heavy atom. The fourth-order valence-electron chi connectivity index (χ4n) is 5.12. The molecule has 1 heterocycles. The molecule has 32 heavy (non-hydrogen) atoms. The first-order chi connectivity index (χ1) is 15.4. The third kappa shape index (κ3) is 3.85. The van der Waals surface area contributed by atoms with Crippen LogP contribution in [0.25, 0.3) is 10.8 Å². The second-order valence-corrected chi connectivity index (χ2v) is 10.6. The van der Waals surface area contributed by atoms with Crippen LogP contribution in [0.2, 0.25) is 0 Å². The smallest absolute Gasteiger partial charge is 0.265 e. The lowest BCUT2D eigenvalue weighted by Crippen LogP contribution is -2.43. The minimum Gasteiger partial charge on any atom is -0.508 e. The van der Waals surface area contributed by atoms with E-state index < -0.39 is 10.0 Å². The van der Waals surface area contributed by atoms with Gasteiger partial charge in [0.05, 0.1) is 16.7 Å². The van der Waals surface area contributed by atoms with Crippen LogP contribution in [0.3, 0.4) is 0 Å². The van der Waals surface area contributed by atoms with Crippen LogP contribution in [0.4, 0.5) is 5.69 Å². The predicted molar refractivity (Wildman–Crippen MR) is 125 cm³/mol. The van der Waals surface area contributed by atoms with Gasteiger partial charge in [-0.05, 0) is 60.9 Å². The molecular weight excluding hydrogens is 424 g/mol. The molecule has 0 atom stereocenters. The molecule has 1 fully saturated rings. The zero-order valence-corrected chi connectivity index (χ0v) is 18.7. The first-order valence-corrected chi connectivity index (χ1v) is 12.6. The third-order valence-electron chi connectivity index (χ3n) is 6.75. The first-order valence-electron chi connectivity index (χ1n) is 11.2. The molecular formula is C25H28N2O4S. The average Bonchev–Trinajstić information content (AvgIpc) is 3.00. The number of aliphatic hydroxyl groups is 1.